The Hall–Kier alpha value is -1.33. The van der Waals surface area contributed by atoms with Gasteiger partial charge in [0.25, 0.3) is 0 Å². The Balaban J connectivity index is 1.58. The second-order valence-corrected chi connectivity index (χ2v) is 5.19. The monoisotopic (exact) mass is 242 g/mol. The Morgan fingerprint density at radius 2 is 1.83 bits per heavy atom. The molecule has 0 saturated carbocycles. The van der Waals surface area contributed by atoms with Gasteiger partial charge in [-0.1, -0.05) is 30.3 Å². The molecule has 0 aliphatic carbocycles. The van der Waals surface area contributed by atoms with E-state index in [0.29, 0.717) is 5.92 Å². The van der Waals surface area contributed by atoms with Crippen molar-refractivity contribution in [1.82, 2.24) is 4.90 Å². The maximum Gasteiger partial charge on any atom is 0.0656 e. The third-order valence-corrected chi connectivity index (χ3v) is 3.80. The molecule has 2 nitrogen and oxygen atoms in total. The number of unbranched alkanes of at least 4 members (excludes halogenated alkanes) is 1. The van der Waals surface area contributed by atoms with Gasteiger partial charge in [0.1, 0.15) is 0 Å². The minimum Gasteiger partial charge on any atom is -0.303 e. The average Bonchev–Trinajstić information content (AvgIpc) is 2.45. The number of likely N-dealkylation sites (tertiary alicyclic amines) is 1. The van der Waals surface area contributed by atoms with Gasteiger partial charge in [-0.25, -0.2) is 0 Å². The van der Waals surface area contributed by atoms with Crippen LogP contribution in [-0.4, -0.2) is 24.5 Å². The Bertz CT molecular complexity index is 372. The summed E-state index contributed by atoms with van der Waals surface area (Å²) in [5.74, 6) is 0.311. The van der Waals surface area contributed by atoms with Crippen molar-refractivity contribution < 1.29 is 0 Å². The Labute approximate surface area is 110 Å². The van der Waals surface area contributed by atoms with Gasteiger partial charge in [0, 0.05) is 5.92 Å². The van der Waals surface area contributed by atoms with Crippen LogP contribution in [0.2, 0.25) is 0 Å². The molecule has 0 unspecified atom stereocenters. The first-order chi connectivity index (χ1) is 8.88. The lowest BCUT2D eigenvalue weighted by Crippen LogP contribution is -2.34. The molecule has 1 heterocycles. The van der Waals surface area contributed by atoms with Crippen molar-refractivity contribution in [3.05, 3.63) is 35.9 Å². The molecule has 1 aromatic rings. The summed E-state index contributed by atoms with van der Waals surface area (Å²) in [7, 11) is 0. The number of benzene rings is 1. The highest BCUT2D eigenvalue weighted by Crippen LogP contribution is 2.16. The highest BCUT2D eigenvalue weighted by atomic mass is 15.1. The van der Waals surface area contributed by atoms with Gasteiger partial charge in [-0.05, 0) is 57.3 Å². The predicted octanol–water partition coefficient (Wildman–Crippen LogP) is 3.24. The van der Waals surface area contributed by atoms with Gasteiger partial charge in [-0.15, -0.1) is 0 Å². The van der Waals surface area contributed by atoms with Crippen LogP contribution >= 0.6 is 0 Å². The first-order valence-electron chi connectivity index (χ1n) is 7.04. The molecule has 1 aliphatic heterocycles. The highest BCUT2D eigenvalue weighted by molar-refractivity contribution is 5.14. The van der Waals surface area contributed by atoms with Crippen LogP contribution in [0.4, 0.5) is 0 Å². The van der Waals surface area contributed by atoms with Crippen molar-refractivity contribution in [2.24, 2.45) is 5.92 Å². The largest absolute Gasteiger partial charge is 0.303 e. The van der Waals surface area contributed by atoms with Crippen LogP contribution in [-0.2, 0) is 6.42 Å². The van der Waals surface area contributed by atoms with E-state index >= 15 is 0 Å². The van der Waals surface area contributed by atoms with Crippen LogP contribution in [0, 0.1) is 17.2 Å². The Morgan fingerprint density at radius 3 is 2.50 bits per heavy atom. The third kappa shape index (κ3) is 4.16. The van der Waals surface area contributed by atoms with E-state index < -0.39 is 0 Å². The molecular weight excluding hydrogens is 220 g/mol. The molecule has 0 aromatic heterocycles. The normalized spacial score (nSPS) is 17.5. The molecule has 1 aliphatic rings. The summed E-state index contributed by atoms with van der Waals surface area (Å²) in [6, 6.07) is 13.1. The number of hydrogen-bond donors (Lipinski definition) is 0. The average molecular weight is 242 g/mol. The summed E-state index contributed by atoms with van der Waals surface area (Å²) in [6.45, 7) is 3.43. The number of aryl methyl sites for hydroxylation is 1. The molecule has 0 atom stereocenters. The molecule has 0 bridgehead atoms. The quantitative estimate of drug-likeness (QED) is 0.741. The molecule has 1 fully saturated rings. The standard InChI is InChI=1S/C16H22N2/c17-14-16-9-12-18(13-10-16)11-5-4-8-15-6-2-1-3-7-15/h1-3,6-7,16H,4-5,8-13H2. The zero-order valence-electron chi connectivity index (χ0n) is 11.0. The van der Waals surface area contributed by atoms with Crippen LogP contribution in [0.3, 0.4) is 0 Å². The van der Waals surface area contributed by atoms with Crippen molar-refractivity contribution in [3.63, 3.8) is 0 Å². The summed E-state index contributed by atoms with van der Waals surface area (Å²) >= 11 is 0. The van der Waals surface area contributed by atoms with Crippen molar-refractivity contribution in [2.45, 2.75) is 32.1 Å². The molecule has 2 rings (SSSR count). The fourth-order valence-electron chi connectivity index (χ4n) is 2.59. The maximum atomic E-state index is 8.85. The summed E-state index contributed by atoms with van der Waals surface area (Å²) < 4.78 is 0. The third-order valence-electron chi connectivity index (χ3n) is 3.80. The molecule has 1 saturated heterocycles. The fraction of sp³-hybridized carbons (Fsp3) is 0.562. The second kappa shape index (κ2) is 7.18. The lowest BCUT2D eigenvalue weighted by molar-refractivity contribution is 0.202. The molecule has 0 radical (unpaired) electrons. The second-order valence-electron chi connectivity index (χ2n) is 5.19. The maximum absolute atomic E-state index is 8.85. The van der Waals surface area contributed by atoms with Gasteiger partial charge in [0.15, 0.2) is 0 Å². The number of piperidine rings is 1. The summed E-state index contributed by atoms with van der Waals surface area (Å²) in [6.07, 6.45) is 5.86. The molecule has 1 aromatic carbocycles. The van der Waals surface area contributed by atoms with Crippen LogP contribution in [0.1, 0.15) is 31.2 Å². The van der Waals surface area contributed by atoms with Crippen LogP contribution in [0.25, 0.3) is 0 Å². The van der Waals surface area contributed by atoms with E-state index in [0.717, 1.165) is 25.9 Å². The highest BCUT2D eigenvalue weighted by Gasteiger charge is 2.17. The van der Waals surface area contributed by atoms with Crippen LogP contribution in [0.15, 0.2) is 30.3 Å². The summed E-state index contributed by atoms with van der Waals surface area (Å²) in [4.78, 5) is 2.51. The van der Waals surface area contributed by atoms with E-state index in [1.54, 1.807) is 0 Å². The van der Waals surface area contributed by atoms with Crippen molar-refractivity contribution in [3.8, 4) is 6.07 Å². The molecule has 96 valence electrons. The predicted molar refractivity (Wildman–Crippen MR) is 74.2 cm³/mol. The van der Waals surface area contributed by atoms with Gasteiger partial charge in [-0.3, -0.25) is 0 Å². The topological polar surface area (TPSA) is 27.0 Å². The number of nitrogens with zero attached hydrogens (tertiary/aromatic N) is 2. The van der Waals surface area contributed by atoms with Gasteiger partial charge in [-0.2, -0.15) is 5.26 Å². The van der Waals surface area contributed by atoms with Crippen LogP contribution < -0.4 is 0 Å². The molecule has 0 amide bonds. The molecule has 0 spiro atoms. The van der Waals surface area contributed by atoms with Gasteiger partial charge >= 0.3 is 0 Å². The van der Waals surface area contributed by atoms with E-state index in [1.807, 2.05) is 0 Å². The smallest absolute Gasteiger partial charge is 0.0656 e. The molecule has 2 heteroatoms. The van der Waals surface area contributed by atoms with Gasteiger partial charge in [0.05, 0.1) is 6.07 Å². The minimum absolute atomic E-state index is 0.311. The zero-order valence-corrected chi connectivity index (χ0v) is 11.0. The Kier molecular flexibility index (Phi) is 5.23. The minimum atomic E-state index is 0.311. The number of hydrogen-bond acceptors (Lipinski definition) is 2. The SMILES string of the molecule is N#CC1CCN(CCCCc2ccccc2)CC1. The summed E-state index contributed by atoms with van der Waals surface area (Å²) in [5, 5.41) is 8.85. The van der Waals surface area contributed by atoms with E-state index in [1.165, 1.54) is 31.4 Å². The van der Waals surface area contributed by atoms with Gasteiger partial charge < -0.3 is 4.90 Å². The van der Waals surface area contributed by atoms with Crippen molar-refractivity contribution in [1.29, 1.82) is 5.26 Å². The van der Waals surface area contributed by atoms with E-state index in [9.17, 15) is 0 Å². The van der Waals surface area contributed by atoms with E-state index in [-0.39, 0.29) is 0 Å². The number of rotatable bonds is 5. The molecule has 0 N–H and O–H groups in total. The number of nitriles is 1. The van der Waals surface area contributed by atoms with Crippen molar-refractivity contribution in [2.75, 3.05) is 19.6 Å². The fourth-order valence-corrected chi connectivity index (χ4v) is 2.59. The lowest BCUT2D eigenvalue weighted by atomic mass is 9.98. The van der Waals surface area contributed by atoms with E-state index in [4.69, 9.17) is 5.26 Å². The lowest BCUT2D eigenvalue weighted by Gasteiger charge is -2.28. The van der Waals surface area contributed by atoms with Gasteiger partial charge in [0.2, 0.25) is 0 Å². The first kappa shape index (κ1) is 13.1. The Morgan fingerprint density at radius 1 is 1.11 bits per heavy atom. The zero-order chi connectivity index (χ0) is 12.6. The summed E-state index contributed by atoms with van der Waals surface area (Å²) in [5.41, 5.74) is 1.45. The van der Waals surface area contributed by atoms with Crippen molar-refractivity contribution >= 4 is 0 Å². The van der Waals surface area contributed by atoms with Crippen LogP contribution in [0.5, 0.6) is 0 Å². The molecule has 18 heavy (non-hydrogen) atoms. The van der Waals surface area contributed by atoms with E-state index in [2.05, 4.69) is 41.3 Å². The molecular formula is C16H22N2. The first-order valence-corrected chi connectivity index (χ1v) is 7.04.